The van der Waals surface area contributed by atoms with Gasteiger partial charge in [0.15, 0.2) is 24.8 Å². The van der Waals surface area contributed by atoms with Crippen LogP contribution in [0.5, 0.6) is 0 Å². The highest BCUT2D eigenvalue weighted by Crippen LogP contribution is 2.21. The molecule has 0 unspecified atom stereocenters. The Balaban J connectivity index is 0.000000861. The molecule has 4 N–H and O–H groups in total. The summed E-state index contributed by atoms with van der Waals surface area (Å²) in [6.45, 7) is 0.977. The maximum Gasteiger partial charge on any atom is 0.522 e. The number of pyridine rings is 2. The predicted molar refractivity (Wildman–Crippen MR) is 130 cm³/mol. The van der Waals surface area contributed by atoms with Crippen molar-refractivity contribution in [3.05, 3.63) is 49.1 Å². The molecule has 0 radical (unpaired) electrons. The molecule has 0 bridgehead atoms. The topological polar surface area (TPSA) is 225 Å². The van der Waals surface area contributed by atoms with E-state index in [0.717, 1.165) is 11.1 Å². The molecule has 0 atom stereocenters. The number of rotatable bonds is 9. The Hall–Kier alpha value is -2.48. The monoisotopic (exact) mass is 702 g/mol. The lowest BCUT2D eigenvalue weighted by Gasteiger charge is -2.02. The van der Waals surface area contributed by atoms with Crippen LogP contribution in [0.4, 0.5) is 26.3 Å². The molecule has 0 fully saturated rings. The standard InChI is InChI=1S/C16H20N2O6S2.2CHF3O3S/c19-25(20,21)13-1-7-17-9-3-15(4-10-17)16-5-11-18(12-6-16)8-2-14-26(22,23)24;2*2-1(3,4)8(5,6)7/h3-6,9-12H,1-2,7-8,13-14H2;2*(H,5,6,7)/p+2. The van der Waals surface area contributed by atoms with Crippen LogP contribution in [0, 0.1) is 0 Å². The number of aryl methyl sites for hydroxylation is 2. The molecule has 2 rings (SSSR count). The van der Waals surface area contributed by atoms with E-state index in [1.807, 2.05) is 58.2 Å². The van der Waals surface area contributed by atoms with E-state index in [2.05, 4.69) is 0 Å². The van der Waals surface area contributed by atoms with Gasteiger partial charge in [-0.15, -0.1) is 0 Å². The molecule has 0 aliphatic carbocycles. The SMILES string of the molecule is O=S(=O)(O)C(F)(F)F.O=S(=O)(O)C(F)(F)F.O=S(=O)(O)CCC[n+]1ccc(-c2cc[n+](CCCS(=O)(=O)O)cc2)cc1. The quantitative estimate of drug-likeness (QED) is 0.126. The summed E-state index contributed by atoms with van der Waals surface area (Å²) in [5.41, 5.74) is -9.10. The smallest absolute Gasteiger partial charge is 0.286 e. The van der Waals surface area contributed by atoms with Gasteiger partial charge in [-0.05, 0) is 11.1 Å². The molecule has 0 aromatic carbocycles. The number of alkyl halides is 6. The molecule has 0 aliphatic heterocycles. The van der Waals surface area contributed by atoms with Crippen LogP contribution in [-0.2, 0) is 53.6 Å². The second-order valence-electron chi connectivity index (χ2n) is 7.77. The Labute approximate surface area is 236 Å². The lowest BCUT2D eigenvalue weighted by molar-refractivity contribution is -0.697. The van der Waals surface area contributed by atoms with Crippen molar-refractivity contribution in [2.75, 3.05) is 11.5 Å². The maximum absolute atomic E-state index is 10.7. The van der Waals surface area contributed by atoms with Crippen LogP contribution in [0.3, 0.4) is 0 Å². The zero-order valence-corrected chi connectivity index (χ0v) is 24.0. The molecular formula is C18H24F6N2O12S4+2. The van der Waals surface area contributed by atoms with E-state index < -0.39 is 51.5 Å². The van der Waals surface area contributed by atoms with E-state index in [1.54, 1.807) is 0 Å². The van der Waals surface area contributed by atoms with Crippen LogP contribution >= 0.6 is 0 Å². The van der Waals surface area contributed by atoms with E-state index in [-0.39, 0.29) is 11.5 Å². The fourth-order valence-electron chi connectivity index (χ4n) is 2.46. The molecule has 2 heterocycles. The minimum Gasteiger partial charge on any atom is -0.286 e. The molecule has 14 nitrogen and oxygen atoms in total. The summed E-state index contributed by atoms with van der Waals surface area (Å²) in [5.74, 6) is -0.532. The van der Waals surface area contributed by atoms with E-state index >= 15 is 0 Å². The first kappa shape index (κ1) is 39.5. The fourth-order valence-corrected chi connectivity index (χ4v) is 3.44. The third-order valence-electron chi connectivity index (χ3n) is 4.34. The van der Waals surface area contributed by atoms with Gasteiger partial charge in [0.1, 0.15) is 13.1 Å². The Bertz CT molecular complexity index is 1450. The summed E-state index contributed by atoms with van der Waals surface area (Å²) in [5, 5.41) is 0. The van der Waals surface area contributed by atoms with Gasteiger partial charge in [0, 0.05) is 37.1 Å². The molecule has 2 aromatic heterocycles. The molecule has 242 valence electrons. The normalized spacial score (nSPS) is 12.9. The number of nitrogens with zero attached hydrogens (tertiary/aromatic N) is 2. The average molecular weight is 703 g/mol. The highest BCUT2D eigenvalue weighted by atomic mass is 32.2. The highest BCUT2D eigenvalue weighted by Gasteiger charge is 2.45. The van der Waals surface area contributed by atoms with Crippen molar-refractivity contribution in [2.45, 2.75) is 36.9 Å². The number of aromatic nitrogens is 2. The molecule has 0 amide bonds. The summed E-state index contributed by atoms with van der Waals surface area (Å²) in [7, 11) is -19.5. The van der Waals surface area contributed by atoms with Crippen LogP contribution in [0.15, 0.2) is 49.1 Å². The molecule has 42 heavy (non-hydrogen) atoms. The van der Waals surface area contributed by atoms with Gasteiger partial charge in [-0.3, -0.25) is 18.2 Å². The lowest BCUT2D eigenvalue weighted by atomic mass is 10.1. The summed E-state index contributed by atoms with van der Waals surface area (Å²) >= 11 is 0. The van der Waals surface area contributed by atoms with Gasteiger partial charge in [0.2, 0.25) is 0 Å². The first-order chi connectivity index (χ1) is 18.6. The maximum atomic E-state index is 10.7. The third kappa shape index (κ3) is 17.5. The van der Waals surface area contributed by atoms with Crippen LogP contribution in [0.25, 0.3) is 11.1 Å². The summed E-state index contributed by atoms with van der Waals surface area (Å²) in [6.07, 6.45) is 8.02. The number of hydrogen-bond acceptors (Lipinski definition) is 8. The second kappa shape index (κ2) is 15.3. The second-order valence-corrected chi connectivity index (χ2v) is 13.7. The zero-order valence-electron chi connectivity index (χ0n) is 20.7. The first-order valence-electron chi connectivity index (χ1n) is 10.6. The van der Waals surface area contributed by atoms with E-state index in [1.165, 1.54) is 0 Å². The summed E-state index contributed by atoms with van der Waals surface area (Å²) in [6, 6.07) is 7.63. The molecular weight excluding hydrogens is 678 g/mol. The minimum absolute atomic E-state index is 0.266. The van der Waals surface area contributed by atoms with Gasteiger partial charge in [-0.25, -0.2) is 9.13 Å². The molecule has 24 heteroatoms. The number of hydrogen-bond donors (Lipinski definition) is 4. The molecule has 0 saturated carbocycles. The lowest BCUT2D eigenvalue weighted by Crippen LogP contribution is -2.34. The Kier molecular flexibility index (Phi) is 14.4. The fraction of sp³-hybridized carbons (Fsp3) is 0.444. The van der Waals surface area contributed by atoms with Crippen molar-refractivity contribution in [3.8, 4) is 11.1 Å². The van der Waals surface area contributed by atoms with Crippen LogP contribution in [0.2, 0.25) is 0 Å². The van der Waals surface area contributed by atoms with Crippen LogP contribution in [-0.4, -0.2) is 74.4 Å². The summed E-state index contributed by atoms with van der Waals surface area (Å²) < 4.78 is 179. The summed E-state index contributed by atoms with van der Waals surface area (Å²) in [4.78, 5) is 0. The van der Waals surface area contributed by atoms with Crippen molar-refractivity contribution in [1.29, 1.82) is 0 Å². The van der Waals surface area contributed by atoms with Gasteiger partial charge < -0.3 is 0 Å². The molecule has 0 aliphatic rings. The van der Waals surface area contributed by atoms with Crippen LogP contribution < -0.4 is 9.13 Å². The minimum atomic E-state index is -5.84. The Morgan fingerprint density at radius 2 is 0.738 bits per heavy atom. The van der Waals surface area contributed by atoms with Crippen molar-refractivity contribution in [2.24, 2.45) is 0 Å². The van der Waals surface area contributed by atoms with Crippen molar-refractivity contribution >= 4 is 40.5 Å². The molecule has 0 spiro atoms. The van der Waals surface area contributed by atoms with Crippen molar-refractivity contribution in [1.82, 2.24) is 0 Å². The Morgan fingerprint density at radius 1 is 0.524 bits per heavy atom. The van der Waals surface area contributed by atoms with Gasteiger partial charge in [0.25, 0.3) is 20.2 Å². The van der Waals surface area contributed by atoms with E-state index in [9.17, 15) is 43.2 Å². The van der Waals surface area contributed by atoms with Gasteiger partial charge in [-0.2, -0.15) is 60.0 Å². The third-order valence-corrected chi connectivity index (χ3v) is 7.12. The molecule has 2 aromatic rings. The zero-order chi connectivity index (χ0) is 33.2. The predicted octanol–water partition coefficient (Wildman–Crippen LogP) is 1.27. The first-order valence-corrected chi connectivity index (χ1v) is 16.7. The average Bonchev–Trinajstić information content (AvgIpc) is 2.77. The number of halogens is 6. The largest absolute Gasteiger partial charge is 0.522 e. The van der Waals surface area contributed by atoms with Gasteiger partial charge in [0.05, 0.1) is 11.5 Å². The van der Waals surface area contributed by atoms with Crippen molar-refractivity contribution in [3.63, 3.8) is 0 Å². The Morgan fingerprint density at radius 3 is 0.905 bits per heavy atom. The van der Waals surface area contributed by atoms with E-state index in [0.29, 0.717) is 25.9 Å². The van der Waals surface area contributed by atoms with E-state index in [4.69, 9.17) is 35.0 Å². The van der Waals surface area contributed by atoms with Crippen molar-refractivity contribution < 1.29 is 87.4 Å². The molecule has 0 saturated heterocycles. The van der Waals surface area contributed by atoms with Crippen LogP contribution in [0.1, 0.15) is 12.8 Å². The van der Waals surface area contributed by atoms with Gasteiger partial charge in [-0.1, -0.05) is 0 Å². The highest BCUT2D eigenvalue weighted by molar-refractivity contribution is 7.87. The van der Waals surface area contributed by atoms with Gasteiger partial charge >= 0.3 is 31.3 Å².